The zero-order chi connectivity index (χ0) is 21.4. The lowest BCUT2D eigenvalue weighted by Gasteiger charge is -2.43. The van der Waals surface area contributed by atoms with Crippen LogP contribution in [-0.2, 0) is 16.0 Å². The monoisotopic (exact) mass is 402 g/mol. The summed E-state index contributed by atoms with van der Waals surface area (Å²) >= 11 is 0. The molecular formula is C24H34O5. The number of aliphatic hydroxyl groups is 1. The minimum absolute atomic E-state index is 0.0789. The molecule has 0 amide bonds. The van der Waals surface area contributed by atoms with Gasteiger partial charge in [-0.05, 0) is 61.6 Å². The van der Waals surface area contributed by atoms with Crippen molar-refractivity contribution in [1.82, 2.24) is 0 Å². The number of phenolic OH excluding ortho intramolecular Hbond substituents is 2. The number of phenols is 2. The van der Waals surface area contributed by atoms with Gasteiger partial charge in [-0.15, -0.1) is 0 Å². The number of hydrogen-bond donors (Lipinski definition) is 3. The number of fused-ring (bicyclic) bond motifs is 1. The Morgan fingerprint density at radius 3 is 2.62 bits per heavy atom. The van der Waals surface area contributed by atoms with Gasteiger partial charge in [0.15, 0.2) is 11.5 Å². The summed E-state index contributed by atoms with van der Waals surface area (Å²) < 4.78 is 5.99. The highest BCUT2D eigenvalue weighted by Crippen LogP contribution is 2.58. The number of hydrogen-bond acceptors (Lipinski definition) is 5. The van der Waals surface area contributed by atoms with Gasteiger partial charge in [-0.25, -0.2) is 0 Å². The molecule has 2 aliphatic rings. The Morgan fingerprint density at radius 1 is 1.24 bits per heavy atom. The maximum Gasteiger partial charge on any atom is 0.306 e. The first-order chi connectivity index (χ1) is 13.5. The third kappa shape index (κ3) is 4.30. The van der Waals surface area contributed by atoms with Crippen LogP contribution in [-0.4, -0.2) is 33.0 Å². The number of aromatic hydroxyl groups is 2. The van der Waals surface area contributed by atoms with Crippen molar-refractivity contribution in [3.8, 4) is 11.5 Å². The molecule has 29 heavy (non-hydrogen) atoms. The summed E-state index contributed by atoms with van der Waals surface area (Å²) in [7, 11) is 0. The summed E-state index contributed by atoms with van der Waals surface area (Å²) in [5.41, 5.74) is 1.05. The molecule has 0 aromatic heterocycles. The highest BCUT2D eigenvalue weighted by atomic mass is 16.5. The molecule has 0 unspecified atom stereocenters. The second-order valence-electron chi connectivity index (χ2n) is 9.59. The molecule has 1 aromatic carbocycles. The lowest BCUT2D eigenvalue weighted by molar-refractivity contribution is -0.165. The van der Waals surface area contributed by atoms with Crippen molar-refractivity contribution in [1.29, 1.82) is 0 Å². The van der Waals surface area contributed by atoms with E-state index >= 15 is 0 Å². The number of benzene rings is 1. The highest BCUT2D eigenvalue weighted by Gasteiger charge is 2.59. The van der Waals surface area contributed by atoms with Crippen molar-refractivity contribution in [2.45, 2.75) is 77.9 Å². The SMILES string of the molecule is CC1=CC[C@@]2(C)CC[C@@](O)(C(C)C)[C@@H]2[C@@H](OC(=O)CCc2ccc(O)c(O)c2)C1. The normalized spacial score (nSPS) is 31.9. The Hall–Kier alpha value is -2.01. The maximum absolute atomic E-state index is 12.7. The summed E-state index contributed by atoms with van der Waals surface area (Å²) in [4.78, 5) is 12.7. The van der Waals surface area contributed by atoms with Crippen LogP contribution in [0.5, 0.6) is 11.5 Å². The number of aryl methyl sites for hydroxylation is 1. The molecule has 0 heterocycles. The fourth-order valence-corrected chi connectivity index (χ4v) is 5.28. The lowest BCUT2D eigenvalue weighted by atomic mass is 9.67. The van der Waals surface area contributed by atoms with E-state index in [0.717, 1.165) is 24.8 Å². The van der Waals surface area contributed by atoms with E-state index in [1.807, 2.05) is 13.8 Å². The molecule has 0 spiro atoms. The van der Waals surface area contributed by atoms with E-state index in [2.05, 4.69) is 19.9 Å². The quantitative estimate of drug-likeness (QED) is 0.384. The predicted molar refractivity (Wildman–Crippen MR) is 112 cm³/mol. The van der Waals surface area contributed by atoms with Crippen LogP contribution in [0, 0.1) is 17.3 Å². The largest absolute Gasteiger partial charge is 0.504 e. The van der Waals surface area contributed by atoms with E-state index in [1.165, 1.54) is 17.7 Å². The molecule has 2 aliphatic carbocycles. The Balaban J connectivity index is 1.75. The fraction of sp³-hybridized carbons (Fsp3) is 0.625. The Labute approximate surface area is 173 Å². The molecule has 3 N–H and O–H groups in total. The van der Waals surface area contributed by atoms with E-state index < -0.39 is 5.60 Å². The van der Waals surface area contributed by atoms with Crippen LogP contribution < -0.4 is 0 Å². The molecule has 0 bridgehead atoms. The zero-order valence-electron chi connectivity index (χ0n) is 17.9. The van der Waals surface area contributed by atoms with Gasteiger partial charge in [0.25, 0.3) is 0 Å². The molecule has 1 saturated carbocycles. The maximum atomic E-state index is 12.7. The average Bonchev–Trinajstić information content (AvgIpc) is 2.86. The van der Waals surface area contributed by atoms with E-state index in [0.29, 0.717) is 12.8 Å². The van der Waals surface area contributed by atoms with Gasteiger partial charge in [-0.1, -0.05) is 38.5 Å². The number of rotatable bonds is 5. The van der Waals surface area contributed by atoms with Gasteiger partial charge in [0.05, 0.1) is 5.60 Å². The third-order valence-corrected chi connectivity index (χ3v) is 7.14. The van der Waals surface area contributed by atoms with Gasteiger partial charge in [0, 0.05) is 18.8 Å². The van der Waals surface area contributed by atoms with Crippen molar-refractivity contribution < 1.29 is 24.9 Å². The van der Waals surface area contributed by atoms with Crippen molar-refractivity contribution in [3.05, 3.63) is 35.4 Å². The first-order valence-electron chi connectivity index (χ1n) is 10.6. The Morgan fingerprint density at radius 2 is 1.97 bits per heavy atom. The zero-order valence-corrected chi connectivity index (χ0v) is 17.9. The topological polar surface area (TPSA) is 87.0 Å². The molecule has 1 fully saturated rings. The predicted octanol–water partition coefficient (Wildman–Crippen LogP) is 4.49. The van der Waals surface area contributed by atoms with Crippen LogP contribution >= 0.6 is 0 Å². The minimum Gasteiger partial charge on any atom is -0.504 e. The van der Waals surface area contributed by atoms with Gasteiger partial charge in [0.2, 0.25) is 0 Å². The smallest absolute Gasteiger partial charge is 0.306 e. The number of esters is 1. The summed E-state index contributed by atoms with van der Waals surface area (Å²) in [6, 6.07) is 4.57. The lowest BCUT2D eigenvalue weighted by Crippen LogP contribution is -2.50. The molecule has 3 rings (SSSR count). The van der Waals surface area contributed by atoms with Gasteiger partial charge < -0.3 is 20.1 Å². The minimum atomic E-state index is -0.832. The summed E-state index contributed by atoms with van der Waals surface area (Å²) in [5.74, 6) is -0.661. The molecule has 160 valence electrons. The number of ether oxygens (including phenoxy) is 1. The van der Waals surface area contributed by atoms with Crippen LogP contribution in [0.4, 0.5) is 0 Å². The Kier molecular flexibility index (Phi) is 6.00. The fourth-order valence-electron chi connectivity index (χ4n) is 5.28. The van der Waals surface area contributed by atoms with Gasteiger partial charge >= 0.3 is 5.97 Å². The molecule has 1 aromatic rings. The summed E-state index contributed by atoms with van der Waals surface area (Å²) in [6.45, 7) is 8.38. The van der Waals surface area contributed by atoms with Gasteiger partial charge in [-0.3, -0.25) is 4.79 Å². The Bertz CT molecular complexity index is 798. The van der Waals surface area contributed by atoms with Crippen LogP contribution in [0.2, 0.25) is 0 Å². The summed E-state index contributed by atoms with van der Waals surface area (Å²) in [5, 5.41) is 30.6. The number of carbonyl (C=O) groups excluding carboxylic acids is 1. The van der Waals surface area contributed by atoms with E-state index in [1.54, 1.807) is 6.07 Å². The molecule has 0 saturated heterocycles. The molecule has 0 aliphatic heterocycles. The highest BCUT2D eigenvalue weighted by molar-refractivity contribution is 5.70. The molecule has 5 nitrogen and oxygen atoms in total. The van der Waals surface area contributed by atoms with Crippen molar-refractivity contribution in [3.63, 3.8) is 0 Å². The second kappa shape index (κ2) is 8.02. The van der Waals surface area contributed by atoms with Crippen molar-refractivity contribution >= 4 is 5.97 Å². The number of allylic oxidation sites excluding steroid dienone is 1. The van der Waals surface area contributed by atoms with E-state index in [4.69, 9.17) is 4.74 Å². The molecule has 5 heteroatoms. The van der Waals surface area contributed by atoms with Gasteiger partial charge in [-0.2, -0.15) is 0 Å². The van der Waals surface area contributed by atoms with Crippen molar-refractivity contribution in [2.24, 2.45) is 17.3 Å². The van der Waals surface area contributed by atoms with Crippen molar-refractivity contribution in [2.75, 3.05) is 0 Å². The summed E-state index contributed by atoms with van der Waals surface area (Å²) in [6.07, 6.45) is 5.73. The third-order valence-electron chi connectivity index (χ3n) is 7.14. The number of carbonyl (C=O) groups is 1. The second-order valence-corrected chi connectivity index (χ2v) is 9.59. The van der Waals surface area contributed by atoms with Crippen LogP contribution in [0.25, 0.3) is 0 Å². The standard InChI is InChI=1S/C24H34O5/c1-15(2)24(28)12-11-23(4)10-9-16(3)13-20(22(23)24)29-21(27)8-6-17-5-7-18(25)19(26)14-17/h5,7,9,14-15,20,22,25-26,28H,6,8,10-13H2,1-4H3/t20-,22+,23-,24+/m0/s1. The van der Waals surface area contributed by atoms with E-state index in [9.17, 15) is 20.1 Å². The average molecular weight is 403 g/mol. The first kappa shape index (κ1) is 21.7. The molecule has 4 atom stereocenters. The van der Waals surface area contributed by atoms with Gasteiger partial charge in [0.1, 0.15) is 6.10 Å². The first-order valence-corrected chi connectivity index (χ1v) is 10.6. The van der Waals surface area contributed by atoms with Crippen LogP contribution in [0.15, 0.2) is 29.8 Å². The molecule has 0 radical (unpaired) electrons. The van der Waals surface area contributed by atoms with Crippen LogP contribution in [0.1, 0.15) is 65.4 Å². The molecular weight excluding hydrogens is 368 g/mol. The van der Waals surface area contributed by atoms with Crippen LogP contribution in [0.3, 0.4) is 0 Å². The van der Waals surface area contributed by atoms with E-state index in [-0.39, 0.29) is 47.2 Å².